The van der Waals surface area contributed by atoms with E-state index in [4.69, 9.17) is 5.73 Å². The van der Waals surface area contributed by atoms with Crippen molar-refractivity contribution < 1.29 is 14.4 Å². The van der Waals surface area contributed by atoms with Crippen molar-refractivity contribution in [2.45, 2.75) is 25.4 Å². The molecule has 1 aromatic heterocycles. The molecule has 8 heteroatoms. The summed E-state index contributed by atoms with van der Waals surface area (Å²) in [5.74, 6) is -0.882. The molecule has 2 aromatic carbocycles. The number of rotatable bonds is 3. The van der Waals surface area contributed by atoms with Crippen molar-refractivity contribution in [2.75, 3.05) is 5.73 Å². The zero-order chi connectivity index (χ0) is 20.8. The predicted molar refractivity (Wildman–Crippen MR) is 109 cm³/mol. The number of hydrogen-bond acceptors (Lipinski definition) is 5. The first-order valence-corrected chi connectivity index (χ1v) is 9.67. The number of hydrogen-bond donors (Lipinski definition) is 2. The van der Waals surface area contributed by atoms with Gasteiger partial charge in [0.05, 0.1) is 12.0 Å². The number of amides is 3. The largest absolute Gasteiger partial charge is 0.399 e. The number of nitrogens with zero attached hydrogens (tertiary/aromatic N) is 3. The number of imidazole rings is 1. The van der Waals surface area contributed by atoms with Crippen LogP contribution in [0.15, 0.2) is 55.0 Å². The highest BCUT2D eigenvalue weighted by Crippen LogP contribution is 2.31. The summed E-state index contributed by atoms with van der Waals surface area (Å²) >= 11 is 0. The fourth-order valence-corrected chi connectivity index (χ4v) is 3.99. The van der Waals surface area contributed by atoms with Crippen LogP contribution in [0.25, 0.3) is 16.9 Å². The molecule has 1 saturated heterocycles. The van der Waals surface area contributed by atoms with Crippen molar-refractivity contribution in [1.82, 2.24) is 19.8 Å². The Labute approximate surface area is 172 Å². The lowest BCUT2D eigenvalue weighted by Crippen LogP contribution is -2.52. The summed E-state index contributed by atoms with van der Waals surface area (Å²) in [5, 5.41) is 2.32. The van der Waals surface area contributed by atoms with Crippen molar-refractivity contribution >= 4 is 23.4 Å². The fraction of sp³-hybridized carbons (Fsp3) is 0.182. The zero-order valence-electron chi connectivity index (χ0n) is 16.0. The molecule has 3 heterocycles. The minimum atomic E-state index is -0.615. The number of anilines is 1. The molecule has 2 aliphatic heterocycles. The molecule has 5 rings (SSSR count). The van der Waals surface area contributed by atoms with Crippen LogP contribution in [0.4, 0.5) is 5.69 Å². The number of nitrogen functional groups attached to an aromatic ring is 1. The molecule has 30 heavy (non-hydrogen) atoms. The lowest BCUT2D eigenvalue weighted by atomic mass is 10.0. The van der Waals surface area contributed by atoms with E-state index in [1.807, 2.05) is 47.2 Å². The minimum Gasteiger partial charge on any atom is -0.399 e. The lowest BCUT2D eigenvalue weighted by Gasteiger charge is -2.29. The number of fused-ring (bicyclic) bond motifs is 1. The molecule has 3 aromatic rings. The number of piperidine rings is 1. The van der Waals surface area contributed by atoms with Crippen LogP contribution >= 0.6 is 0 Å². The van der Waals surface area contributed by atoms with E-state index in [0.717, 1.165) is 22.5 Å². The number of carbonyl (C=O) groups excluding carboxylic acids is 3. The quantitative estimate of drug-likeness (QED) is 0.514. The molecule has 3 amide bonds. The van der Waals surface area contributed by atoms with Gasteiger partial charge < -0.3 is 15.2 Å². The van der Waals surface area contributed by atoms with E-state index >= 15 is 0 Å². The normalized spacial score (nSPS) is 18.5. The third-order valence-corrected chi connectivity index (χ3v) is 5.59. The van der Waals surface area contributed by atoms with Gasteiger partial charge in [0, 0.05) is 41.7 Å². The highest BCUT2D eigenvalue weighted by molar-refractivity contribution is 6.05. The Morgan fingerprint density at radius 1 is 1.07 bits per heavy atom. The zero-order valence-corrected chi connectivity index (χ0v) is 16.0. The van der Waals surface area contributed by atoms with Crippen LogP contribution in [0.3, 0.4) is 0 Å². The summed E-state index contributed by atoms with van der Waals surface area (Å²) in [7, 11) is 0. The molecule has 0 aliphatic carbocycles. The van der Waals surface area contributed by atoms with Gasteiger partial charge in [0.25, 0.3) is 5.91 Å². The number of benzene rings is 2. The van der Waals surface area contributed by atoms with Gasteiger partial charge in [0.2, 0.25) is 11.8 Å². The smallest absolute Gasteiger partial charge is 0.255 e. The van der Waals surface area contributed by atoms with E-state index in [9.17, 15) is 14.4 Å². The highest BCUT2D eigenvalue weighted by atomic mass is 16.2. The second-order valence-electron chi connectivity index (χ2n) is 7.53. The molecule has 8 nitrogen and oxygen atoms in total. The molecule has 1 unspecified atom stereocenters. The van der Waals surface area contributed by atoms with Gasteiger partial charge in [-0.05, 0) is 48.4 Å². The van der Waals surface area contributed by atoms with E-state index in [-0.39, 0.29) is 18.2 Å². The fourth-order valence-electron chi connectivity index (χ4n) is 3.99. The highest BCUT2D eigenvalue weighted by Gasteiger charge is 2.39. The Morgan fingerprint density at radius 3 is 2.63 bits per heavy atom. The molecular weight excluding hydrogens is 382 g/mol. The molecule has 0 saturated carbocycles. The van der Waals surface area contributed by atoms with Gasteiger partial charge in [-0.2, -0.15) is 0 Å². The maximum absolute atomic E-state index is 12.8. The maximum Gasteiger partial charge on any atom is 0.255 e. The number of aromatic nitrogens is 2. The second kappa shape index (κ2) is 6.84. The standard InChI is InChI=1S/C22H19N5O3/c23-15-2-4-16(5-3-15)26-11-18(24-12-26)13-1-6-17-14(9-13)10-27(22(17)30)19-7-8-20(28)25-21(19)29/h1-6,9,11-12,19H,7-8,10,23H2,(H,25,28,29). The van der Waals surface area contributed by atoms with E-state index in [1.54, 1.807) is 17.3 Å². The molecule has 1 atom stereocenters. The summed E-state index contributed by atoms with van der Waals surface area (Å²) in [6.45, 7) is 0.340. The van der Waals surface area contributed by atoms with Crippen LogP contribution in [0.2, 0.25) is 0 Å². The van der Waals surface area contributed by atoms with Crippen molar-refractivity contribution in [2.24, 2.45) is 0 Å². The molecule has 150 valence electrons. The first-order chi connectivity index (χ1) is 14.5. The van der Waals surface area contributed by atoms with Gasteiger partial charge in [0.1, 0.15) is 6.04 Å². The third-order valence-electron chi connectivity index (χ3n) is 5.59. The van der Waals surface area contributed by atoms with Crippen LogP contribution < -0.4 is 11.1 Å². The summed E-state index contributed by atoms with van der Waals surface area (Å²) in [6, 6.07) is 12.5. The van der Waals surface area contributed by atoms with Crippen LogP contribution in [0, 0.1) is 0 Å². The lowest BCUT2D eigenvalue weighted by molar-refractivity contribution is -0.136. The van der Waals surface area contributed by atoms with Crippen LogP contribution in [-0.2, 0) is 16.1 Å². The van der Waals surface area contributed by atoms with Gasteiger partial charge in [-0.1, -0.05) is 6.07 Å². The van der Waals surface area contributed by atoms with E-state index in [0.29, 0.717) is 24.2 Å². The van der Waals surface area contributed by atoms with Gasteiger partial charge in [-0.15, -0.1) is 0 Å². The van der Waals surface area contributed by atoms with Crippen molar-refractivity contribution in [3.63, 3.8) is 0 Å². The van der Waals surface area contributed by atoms with Crippen LogP contribution in [-0.4, -0.2) is 38.2 Å². The number of nitrogens with one attached hydrogen (secondary N) is 1. The predicted octanol–water partition coefficient (Wildman–Crippen LogP) is 1.88. The second-order valence-corrected chi connectivity index (χ2v) is 7.53. The van der Waals surface area contributed by atoms with Gasteiger partial charge in [-0.25, -0.2) is 4.98 Å². The first kappa shape index (κ1) is 18.1. The van der Waals surface area contributed by atoms with E-state index in [2.05, 4.69) is 10.3 Å². The summed E-state index contributed by atoms with van der Waals surface area (Å²) in [4.78, 5) is 42.4. The van der Waals surface area contributed by atoms with E-state index in [1.165, 1.54) is 0 Å². The Balaban J connectivity index is 1.40. The first-order valence-electron chi connectivity index (χ1n) is 9.67. The van der Waals surface area contributed by atoms with Crippen molar-refractivity contribution in [3.05, 3.63) is 66.1 Å². The number of nitrogens with two attached hydrogens (primary N) is 1. The molecule has 0 bridgehead atoms. The van der Waals surface area contributed by atoms with Crippen LogP contribution in [0.5, 0.6) is 0 Å². The molecule has 1 fully saturated rings. The molecule has 0 spiro atoms. The Hall–Kier alpha value is -3.94. The average molecular weight is 401 g/mol. The van der Waals surface area contributed by atoms with Gasteiger partial charge in [-0.3, -0.25) is 19.7 Å². The Kier molecular flexibility index (Phi) is 4.13. The monoisotopic (exact) mass is 401 g/mol. The van der Waals surface area contributed by atoms with Crippen molar-refractivity contribution in [1.29, 1.82) is 0 Å². The SMILES string of the molecule is Nc1ccc(-n2cnc(-c3ccc4c(c3)CN(C3CCC(=O)NC3=O)C4=O)c2)cc1. The molecular formula is C22H19N5O3. The average Bonchev–Trinajstić information content (AvgIpc) is 3.34. The molecule has 3 N–H and O–H groups in total. The number of imide groups is 1. The van der Waals surface area contributed by atoms with Gasteiger partial charge >= 0.3 is 0 Å². The Morgan fingerprint density at radius 2 is 1.87 bits per heavy atom. The molecule has 0 radical (unpaired) electrons. The minimum absolute atomic E-state index is 0.182. The van der Waals surface area contributed by atoms with E-state index < -0.39 is 11.9 Å². The topological polar surface area (TPSA) is 110 Å². The summed E-state index contributed by atoms with van der Waals surface area (Å²) in [5.41, 5.74) is 10.5. The summed E-state index contributed by atoms with van der Waals surface area (Å²) in [6.07, 6.45) is 4.24. The van der Waals surface area contributed by atoms with Crippen LogP contribution in [0.1, 0.15) is 28.8 Å². The number of carbonyl (C=O) groups is 3. The van der Waals surface area contributed by atoms with Gasteiger partial charge in [0.15, 0.2) is 0 Å². The maximum atomic E-state index is 12.8. The summed E-state index contributed by atoms with van der Waals surface area (Å²) < 4.78 is 1.91. The van der Waals surface area contributed by atoms with Crippen molar-refractivity contribution in [3.8, 4) is 16.9 Å². The third kappa shape index (κ3) is 3.02. The molecule has 2 aliphatic rings. The Bertz CT molecular complexity index is 1180.